The molecule has 1 aromatic heterocycles. The van der Waals surface area contributed by atoms with E-state index >= 15 is 0 Å². The third-order valence-corrected chi connectivity index (χ3v) is 4.49. The van der Waals surface area contributed by atoms with Crippen LogP contribution in [0.5, 0.6) is 0 Å². The Kier molecular flexibility index (Phi) is 5.14. The predicted molar refractivity (Wildman–Crippen MR) is 95.5 cm³/mol. The van der Waals surface area contributed by atoms with Crippen molar-refractivity contribution in [1.82, 2.24) is 20.0 Å². The highest BCUT2D eigenvalue weighted by molar-refractivity contribution is 6.39. The van der Waals surface area contributed by atoms with Gasteiger partial charge in [0.25, 0.3) is 0 Å². The van der Waals surface area contributed by atoms with Crippen LogP contribution in [0.4, 0.5) is 5.69 Å². The van der Waals surface area contributed by atoms with E-state index in [0.29, 0.717) is 24.0 Å². The van der Waals surface area contributed by atoms with E-state index in [4.69, 9.17) is 0 Å². The Morgan fingerprint density at radius 2 is 2.04 bits per heavy atom. The number of hydrogen-bond donors (Lipinski definition) is 2. The number of nitrogens with zero attached hydrogens (tertiary/aromatic N) is 3. The molecule has 0 bridgehead atoms. The molecule has 3 rings (SSSR count). The van der Waals surface area contributed by atoms with Crippen molar-refractivity contribution in [1.29, 1.82) is 0 Å². The Labute approximate surface area is 147 Å². The Morgan fingerprint density at radius 3 is 2.72 bits per heavy atom. The van der Waals surface area contributed by atoms with Gasteiger partial charge in [-0.3, -0.25) is 14.5 Å². The molecule has 1 saturated carbocycles. The lowest BCUT2D eigenvalue weighted by molar-refractivity contribution is -0.136. The summed E-state index contributed by atoms with van der Waals surface area (Å²) in [5.41, 5.74) is 1.24. The van der Waals surface area contributed by atoms with Crippen molar-refractivity contribution in [3.63, 3.8) is 0 Å². The van der Waals surface area contributed by atoms with E-state index in [2.05, 4.69) is 27.7 Å². The summed E-state index contributed by atoms with van der Waals surface area (Å²) in [7, 11) is 2.05. The lowest BCUT2D eigenvalue weighted by Crippen LogP contribution is -2.44. The lowest BCUT2D eigenvalue weighted by atomic mass is 10.2. The zero-order valence-corrected chi connectivity index (χ0v) is 14.5. The number of aromatic nitrogens is 2. The van der Waals surface area contributed by atoms with Gasteiger partial charge < -0.3 is 10.6 Å². The van der Waals surface area contributed by atoms with Crippen LogP contribution in [0.2, 0.25) is 0 Å². The molecule has 25 heavy (non-hydrogen) atoms. The van der Waals surface area contributed by atoms with E-state index in [1.165, 1.54) is 12.8 Å². The molecule has 7 heteroatoms. The van der Waals surface area contributed by atoms with Gasteiger partial charge in [-0.2, -0.15) is 5.10 Å². The van der Waals surface area contributed by atoms with Crippen LogP contribution < -0.4 is 10.6 Å². The molecule has 7 nitrogen and oxygen atoms in total. The van der Waals surface area contributed by atoms with Gasteiger partial charge in [0.05, 0.1) is 11.4 Å². The molecule has 2 aromatic rings. The number of para-hydroxylation sites is 2. The summed E-state index contributed by atoms with van der Waals surface area (Å²) in [6, 6.07) is 9.82. The normalized spacial score (nSPS) is 15.0. The molecule has 0 saturated heterocycles. The van der Waals surface area contributed by atoms with Gasteiger partial charge >= 0.3 is 11.8 Å². The van der Waals surface area contributed by atoms with Crippen LogP contribution >= 0.6 is 0 Å². The Morgan fingerprint density at radius 1 is 1.28 bits per heavy atom. The van der Waals surface area contributed by atoms with Gasteiger partial charge in [0.15, 0.2) is 0 Å². The fourth-order valence-corrected chi connectivity index (χ4v) is 2.68. The number of amides is 2. The molecule has 1 aliphatic rings. The van der Waals surface area contributed by atoms with Crippen LogP contribution in [-0.2, 0) is 9.59 Å². The number of likely N-dealkylation sites (N-methyl/N-ethyl adjacent to an activating group) is 1. The van der Waals surface area contributed by atoms with Crippen molar-refractivity contribution in [2.75, 3.05) is 18.9 Å². The maximum atomic E-state index is 12.2. The second kappa shape index (κ2) is 7.48. The van der Waals surface area contributed by atoms with Crippen LogP contribution in [0.25, 0.3) is 5.69 Å². The summed E-state index contributed by atoms with van der Waals surface area (Å²) < 4.78 is 1.64. The second-order valence-corrected chi connectivity index (χ2v) is 6.38. The van der Waals surface area contributed by atoms with E-state index < -0.39 is 11.8 Å². The van der Waals surface area contributed by atoms with E-state index in [-0.39, 0.29) is 6.04 Å². The summed E-state index contributed by atoms with van der Waals surface area (Å²) >= 11 is 0. The smallest absolute Gasteiger partial charge is 0.313 e. The first-order valence-electron chi connectivity index (χ1n) is 8.46. The van der Waals surface area contributed by atoms with Crippen molar-refractivity contribution in [3.05, 3.63) is 42.7 Å². The van der Waals surface area contributed by atoms with E-state index in [9.17, 15) is 9.59 Å². The molecule has 0 aliphatic heterocycles. The quantitative estimate of drug-likeness (QED) is 0.779. The number of nitrogens with one attached hydrogen (secondary N) is 2. The maximum Gasteiger partial charge on any atom is 0.313 e. The van der Waals surface area contributed by atoms with Crippen molar-refractivity contribution in [2.45, 2.75) is 31.8 Å². The van der Waals surface area contributed by atoms with Crippen LogP contribution in [0.1, 0.15) is 19.8 Å². The average Bonchev–Trinajstić information content (AvgIpc) is 3.33. The topological polar surface area (TPSA) is 79.3 Å². The highest BCUT2D eigenvalue weighted by Gasteiger charge is 2.29. The molecular weight excluding hydrogens is 318 g/mol. The molecule has 1 atom stereocenters. The molecule has 0 spiro atoms. The van der Waals surface area contributed by atoms with E-state index in [1.807, 2.05) is 19.1 Å². The Hall–Kier alpha value is -2.67. The third-order valence-electron chi connectivity index (χ3n) is 4.49. The van der Waals surface area contributed by atoms with E-state index in [0.717, 1.165) is 0 Å². The molecule has 1 heterocycles. The van der Waals surface area contributed by atoms with Gasteiger partial charge in [-0.05, 0) is 45.0 Å². The fraction of sp³-hybridized carbons (Fsp3) is 0.389. The minimum Gasteiger partial charge on any atom is -0.346 e. The van der Waals surface area contributed by atoms with Gasteiger partial charge in [0, 0.05) is 31.0 Å². The van der Waals surface area contributed by atoms with Gasteiger partial charge in [-0.25, -0.2) is 4.68 Å². The lowest BCUT2D eigenvalue weighted by Gasteiger charge is -2.24. The SMILES string of the molecule is CC(CNC(=O)C(=O)Nc1ccccc1-n1cccn1)N(C)C1CC1. The highest BCUT2D eigenvalue weighted by Crippen LogP contribution is 2.26. The van der Waals surface area contributed by atoms with Crippen LogP contribution in [0.3, 0.4) is 0 Å². The number of hydrogen-bond acceptors (Lipinski definition) is 4. The van der Waals surface area contributed by atoms with Crippen molar-refractivity contribution in [3.8, 4) is 5.69 Å². The van der Waals surface area contributed by atoms with E-state index in [1.54, 1.807) is 35.3 Å². The second-order valence-electron chi connectivity index (χ2n) is 6.38. The zero-order chi connectivity index (χ0) is 17.8. The largest absolute Gasteiger partial charge is 0.346 e. The zero-order valence-electron chi connectivity index (χ0n) is 14.5. The van der Waals surface area contributed by atoms with Crippen molar-refractivity contribution in [2.24, 2.45) is 0 Å². The first kappa shape index (κ1) is 17.2. The predicted octanol–water partition coefficient (Wildman–Crippen LogP) is 1.41. The molecular formula is C18H23N5O2. The van der Waals surface area contributed by atoms with Gasteiger partial charge in [-0.15, -0.1) is 0 Å². The summed E-state index contributed by atoms with van der Waals surface area (Å²) in [6.45, 7) is 2.49. The monoisotopic (exact) mass is 341 g/mol. The minimum absolute atomic E-state index is 0.195. The van der Waals surface area contributed by atoms with Gasteiger partial charge in [-0.1, -0.05) is 12.1 Å². The summed E-state index contributed by atoms with van der Waals surface area (Å²) in [5.74, 6) is -1.31. The molecule has 132 valence electrons. The third kappa shape index (κ3) is 4.24. The number of anilines is 1. The van der Waals surface area contributed by atoms with Crippen LogP contribution in [0, 0.1) is 0 Å². The minimum atomic E-state index is -0.680. The van der Waals surface area contributed by atoms with Crippen molar-refractivity contribution < 1.29 is 9.59 Å². The van der Waals surface area contributed by atoms with Crippen LogP contribution in [-0.4, -0.2) is 52.2 Å². The molecule has 0 radical (unpaired) electrons. The molecule has 1 fully saturated rings. The molecule has 2 amide bonds. The number of rotatable bonds is 6. The Bertz CT molecular complexity index is 740. The molecule has 1 unspecified atom stereocenters. The van der Waals surface area contributed by atoms with Gasteiger partial charge in [0.2, 0.25) is 0 Å². The Balaban J connectivity index is 1.58. The van der Waals surface area contributed by atoms with Crippen molar-refractivity contribution >= 4 is 17.5 Å². The first-order chi connectivity index (χ1) is 12.1. The standard InChI is InChI=1S/C18H23N5O2/c1-13(22(2)14-8-9-14)12-19-17(24)18(25)21-15-6-3-4-7-16(15)23-11-5-10-20-23/h3-7,10-11,13-14H,8-9,12H2,1-2H3,(H,19,24)(H,21,25). The fourth-order valence-electron chi connectivity index (χ4n) is 2.68. The number of carbonyl (C=O) groups excluding carboxylic acids is 2. The summed E-state index contributed by atoms with van der Waals surface area (Å²) in [5, 5.41) is 9.53. The summed E-state index contributed by atoms with van der Waals surface area (Å²) in [6.07, 6.45) is 5.85. The molecule has 1 aliphatic carbocycles. The highest BCUT2D eigenvalue weighted by atomic mass is 16.2. The van der Waals surface area contributed by atoms with Crippen LogP contribution in [0.15, 0.2) is 42.7 Å². The maximum absolute atomic E-state index is 12.2. The van der Waals surface area contributed by atoms with Gasteiger partial charge in [0.1, 0.15) is 0 Å². The molecule has 2 N–H and O–H groups in total. The average molecular weight is 341 g/mol. The first-order valence-corrected chi connectivity index (χ1v) is 8.46. The number of benzene rings is 1. The summed E-state index contributed by atoms with van der Waals surface area (Å²) in [4.78, 5) is 26.5. The molecule has 1 aromatic carbocycles. The number of carbonyl (C=O) groups is 2.